The van der Waals surface area contributed by atoms with Gasteiger partial charge in [0, 0.05) is 16.9 Å². The molecular formula is C12H9BrClN3O. The molecule has 92 valence electrons. The zero-order valence-electron chi connectivity index (χ0n) is 9.45. The number of hydrogen-bond donors (Lipinski definition) is 1. The lowest BCUT2D eigenvalue weighted by atomic mass is 10.2. The Morgan fingerprint density at radius 2 is 2.22 bits per heavy atom. The molecule has 0 fully saturated rings. The number of nitrogens with zero attached hydrogens (tertiary/aromatic N) is 2. The van der Waals surface area contributed by atoms with Gasteiger partial charge in [-0.25, -0.2) is 9.97 Å². The van der Waals surface area contributed by atoms with E-state index in [1.54, 1.807) is 18.3 Å². The van der Waals surface area contributed by atoms with E-state index in [0.29, 0.717) is 15.9 Å². The molecule has 2 rings (SSSR count). The van der Waals surface area contributed by atoms with E-state index >= 15 is 0 Å². The number of carbonyl (C=O) groups is 1. The summed E-state index contributed by atoms with van der Waals surface area (Å²) in [6, 6.07) is 5.28. The van der Waals surface area contributed by atoms with Gasteiger partial charge in [0.05, 0.1) is 5.56 Å². The fourth-order valence-electron chi connectivity index (χ4n) is 1.37. The minimum atomic E-state index is -0.337. The maximum Gasteiger partial charge on any atom is 0.259 e. The van der Waals surface area contributed by atoms with Crippen LogP contribution >= 0.6 is 27.5 Å². The van der Waals surface area contributed by atoms with E-state index in [4.69, 9.17) is 11.6 Å². The Bertz CT molecular complexity index is 604. The van der Waals surface area contributed by atoms with Gasteiger partial charge in [-0.2, -0.15) is 0 Å². The molecule has 0 spiro atoms. The molecule has 1 amide bonds. The zero-order chi connectivity index (χ0) is 13.1. The topological polar surface area (TPSA) is 54.9 Å². The molecule has 2 aromatic rings. The Hall–Kier alpha value is -1.46. The molecule has 0 saturated heterocycles. The smallest absolute Gasteiger partial charge is 0.259 e. The summed E-state index contributed by atoms with van der Waals surface area (Å²) in [5, 5.41) is 2.86. The quantitative estimate of drug-likeness (QED) is 0.860. The van der Waals surface area contributed by atoms with Gasteiger partial charge in [-0.15, -0.1) is 0 Å². The number of halogens is 2. The molecule has 2 heterocycles. The molecule has 0 bridgehead atoms. The highest BCUT2D eigenvalue weighted by atomic mass is 79.9. The SMILES string of the molecule is Cc1cccnc1NC(=O)c1cc(Br)cnc1Cl. The number of hydrogen-bond acceptors (Lipinski definition) is 3. The number of nitrogens with one attached hydrogen (secondary N) is 1. The second-order valence-corrected chi connectivity index (χ2v) is 4.89. The highest BCUT2D eigenvalue weighted by Gasteiger charge is 2.13. The molecule has 0 aliphatic heterocycles. The van der Waals surface area contributed by atoms with Crippen LogP contribution in [0.2, 0.25) is 5.15 Å². The van der Waals surface area contributed by atoms with Gasteiger partial charge in [-0.3, -0.25) is 4.79 Å². The third kappa shape index (κ3) is 2.86. The van der Waals surface area contributed by atoms with E-state index in [2.05, 4.69) is 31.2 Å². The van der Waals surface area contributed by atoms with Gasteiger partial charge in [-0.1, -0.05) is 17.7 Å². The van der Waals surface area contributed by atoms with Crippen molar-refractivity contribution in [2.24, 2.45) is 0 Å². The third-order valence-corrected chi connectivity index (χ3v) is 3.03. The molecule has 0 aromatic carbocycles. The van der Waals surface area contributed by atoms with Crippen molar-refractivity contribution in [3.05, 3.63) is 51.3 Å². The lowest BCUT2D eigenvalue weighted by molar-refractivity contribution is 0.102. The van der Waals surface area contributed by atoms with Crippen LogP contribution in [0.5, 0.6) is 0 Å². The van der Waals surface area contributed by atoms with Crippen LogP contribution in [0.3, 0.4) is 0 Å². The zero-order valence-corrected chi connectivity index (χ0v) is 11.8. The van der Waals surface area contributed by atoms with Gasteiger partial charge >= 0.3 is 0 Å². The standard InChI is InChI=1S/C12H9BrClN3O/c1-7-3-2-4-15-11(7)17-12(18)9-5-8(13)6-16-10(9)14/h2-6H,1H3,(H,15,17,18). The first-order valence-electron chi connectivity index (χ1n) is 5.12. The molecule has 0 radical (unpaired) electrons. The van der Waals surface area contributed by atoms with E-state index in [-0.39, 0.29) is 11.1 Å². The highest BCUT2D eigenvalue weighted by molar-refractivity contribution is 9.10. The van der Waals surface area contributed by atoms with Crippen molar-refractivity contribution in [2.45, 2.75) is 6.92 Å². The summed E-state index contributed by atoms with van der Waals surface area (Å²) in [7, 11) is 0. The number of rotatable bonds is 2. The number of pyridine rings is 2. The minimum Gasteiger partial charge on any atom is -0.306 e. The lowest BCUT2D eigenvalue weighted by Crippen LogP contribution is -2.14. The van der Waals surface area contributed by atoms with Gasteiger partial charge in [0.1, 0.15) is 11.0 Å². The Balaban J connectivity index is 2.28. The minimum absolute atomic E-state index is 0.157. The molecule has 2 aromatic heterocycles. The van der Waals surface area contributed by atoms with Crippen molar-refractivity contribution in [3.8, 4) is 0 Å². The van der Waals surface area contributed by atoms with Crippen LogP contribution in [0.15, 0.2) is 35.1 Å². The molecule has 0 saturated carbocycles. The number of carbonyl (C=O) groups excluding carboxylic acids is 1. The van der Waals surface area contributed by atoms with Gasteiger partial charge in [0.2, 0.25) is 0 Å². The predicted octanol–water partition coefficient (Wildman–Crippen LogP) is 3.45. The summed E-state index contributed by atoms with van der Waals surface area (Å²) in [5.74, 6) is 0.175. The average Bonchev–Trinajstić information content (AvgIpc) is 2.35. The molecular weight excluding hydrogens is 318 g/mol. The monoisotopic (exact) mass is 325 g/mol. The molecule has 0 unspecified atom stereocenters. The summed E-state index contributed by atoms with van der Waals surface area (Å²) in [6.07, 6.45) is 3.15. The van der Waals surface area contributed by atoms with Crippen LogP contribution in [0.1, 0.15) is 15.9 Å². The fraction of sp³-hybridized carbons (Fsp3) is 0.0833. The molecule has 0 aliphatic carbocycles. The lowest BCUT2D eigenvalue weighted by Gasteiger charge is -2.07. The number of aryl methyl sites for hydroxylation is 1. The van der Waals surface area contributed by atoms with Gasteiger partial charge in [0.25, 0.3) is 5.91 Å². The van der Waals surface area contributed by atoms with E-state index < -0.39 is 0 Å². The fourth-order valence-corrected chi connectivity index (χ4v) is 1.89. The third-order valence-electron chi connectivity index (χ3n) is 2.29. The Morgan fingerprint density at radius 1 is 1.44 bits per heavy atom. The number of aromatic nitrogens is 2. The number of anilines is 1. The molecule has 18 heavy (non-hydrogen) atoms. The molecule has 4 nitrogen and oxygen atoms in total. The van der Waals surface area contributed by atoms with Crippen LogP contribution in [0.25, 0.3) is 0 Å². The second kappa shape index (κ2) is 5.46. The van der Waals surface area contributed by atoms with Gasteiger partial charge < -0.3 is 5.32 Å². The first-order chi connectivity index (χ1) is 8.58. The maximum atomic E-state index is 12.0. The summed E-state index contributed by atoms with van der Waals surface area (Å²) >= 11 is 9.13. The van der Waals surface area contributed by atoms with Gasteiger partial charge in [-0.05, 0) is 40.5 Å². The Kier molecular flexibility index (Phi) is 3.93. The van der Waals surface area contributed by atoms with Gasteiger partial charge in [0.15, 0.2) is 0 Å². The maximum absolute atomic E-state index is 12.0. The normalized spacial score (nSPS) is 10.2. The van der Waals surface area contributed by atoms with Crippen molar-refractivity contribution in [1.29, 1.82) is 0 Å². The van der Waals surface area contributed by atoms with Crippen molar-refractivity contribution in [3.63, 3.8) is 0 Å². The summed E-state index contributed by atoms with van der Waals surface area (Å²) < 4.78 is 0.690. The first kappa shape index (κ1) is 13.0. The second-order valence-electron chi connectivity index (χ2n) is 3.61. The van der Waals surface area contributed by atoms with Crippen LogP contribution in [-0.2, 0) is 0 Å². The van der Waals surface area contributed by atoms with E-state index in [9.17, 15) is 4.79 Å². The summed E-state index contributed by atoms with van der Waals surface area (Å²) in [4.78, 5) is 20.0. The van der Waals surface area contributed by atoms with Crippen LogP contribution in [0.4, 0.5) is 5.82 Å². The molecule has 0 aliphatic rings. The largest absolute Gasteiger partial charge is 0.306 e. The van der Waals surface area contributed by atoms with Crippen LogP contribution < -0.4 is 5.32 Å². The molecule has 1 N–H and O–H groups in total. The predicted molar refractivity (Wildman–Crippen MR) is 73.9 cm³/mol. The highest BCUT2D eigenvalue weighted by Crippen LogP contribution is 2.19. The van der Waals surface area contributed by atoms with Crippen molar-refractivity contribution < 1.29 is 4.79 Å². The van der Waals surface area contributed by atoms with Crippen molar-refractivity contribution in [2.75, 3.05) is 5.32 Å². The van der Waals surface area contributed by atoms with Crippen molar-refractivity contribution in [1.82, 2.24) is 9.97 Å². The van der Waals surface area contributed by atoms with Crippen LogP contribution in [0, 0.1) is 6.92 Å². The first-order valence-corrected chi connectivity index (χ1v) is 6.29. The van der Waals surface area contributed by atoms with E-state index in [1.165, 1.54) is 6.20 Å². The Labute approximate surface area is 118 Å². The number of amides is 1. The summed E-state index contributed by atoms with van der Waals surface area (Å²) in [6.45, 7) is 1.86. The Morgan fingerprint density at radius 3 is 2.94 bits per heavy atom. The summed E-state index contributed by atoms with van der Waals surface area (Å²) in [5.41, 5.74) is 1.18. The average molecular weight is 327 g/mol. The van der Waals surface area contributed by atoms with E-state index in [1.807, 2.05) is 13.0 Å². The molecule has 6 heteroatoms. The van der Waals surface area contributed by atoms with Crippen LogP contribution in [-0.4, -0.2) is 15.9 Å². The van der Waals surface area contributed by atoms with E-state index in [0.717, 1.165) is 5.56 Å². The molecule has 0 atom stereocenters. The van der Waals surface area contributed by atoms with Crippen molar-refractivity contribution >= 4 is 39.3 Å².